The molecule has 0 aliphatic heterocycles. The zero-order valence-corrected chi connectivity index (χ0v) is 11.0. The van der Waals surface area contributed by atoms with Crippen LogP contribution in [0.4, 0.5) is 10.1 Å². The Bertz CT molecular complexity index is 546. The fraction of sp³-hybridized carbons (Fsp3) is 0.357. The van der Waals surface area contributed by atoms with Crippen molar-refractivity contribution < 1.29 is 4.39 Å². The number of aryl methyl sites for hydroxylation is 3. The largest absolute Gasteiger partial charge is 0.379 e. The second-order valence-electron chi connectivity index (χ2n) is 4.41. The molecule has 0 unspecified atom stereocenters. The Morgan fingerprint density at radius 1 is 1.28 bits per heavy atom. The first-order chi connectivity index (χ1) is 8.60. The second kappa shape index (κ2) is 5.21. The molecule has 0 aliphatic rings. The van der Waals surface area contributed by atoms with Gasteiger partial charge >= 0.3 is 0 Å². The van der Waals surface area contributed by atoms with E-state index in [1.807, 2.05) is 18.5 Å². The molecule has 2 aromatic rings. The van der Waals surface area contributed by atoms with Crippen LogP contribution in [0.2, 0.25) is 0 Å². The zero-order chi connectivity index (χ0) is 13.1. The van der Waals surface area contributed by atoms with Crippen molar-refractivity contribution in [1.29, 1.82) is 0 Å². The summed E-state index contributed by atoms with van der Waals surface area (Å²) >= 11 is 0. The quantitative estimate of drug-likeness (QED) is 0.898. The van der Waals surface area contributed by atoms with Crippen LogP contribution < -0.4 is 5.32 Å². The highest BCUT2D eigenvalue weighted by atomic mass is 19.1. The first kappa shape index (κ1) is 12.6. The van der Waals surface area contributed by atoms with E-state index in [9.17, 15) is 4.39 Å². The summed E-state index contributed by atoms with van der Waals surface area (Å²) in [7, 11) is 0. The summed E-state index contributed by atoms with van der Waals surface area (Å²) in [5.74, 6) is -0.201. The molecule has 0 radical (unpaired) electrons. The Morgan fingerprint density at radius 3 is 2.72 bits per heavy atom. The third-order valence-corrected chi connectivity index (χ3v) is 2.93. The topological polar surface area (TPSA) is 29.9 Å². The Morgan fingerprint density at radius 2 is 2.06 bits per heavy atom. The van der Waals surface area contributed by atoms with Gasteiger partial charge in [-0.15, -0.1) is 0 Å². The lowest BCUT2D eigenvalue weighted by molar-refractivity contribution is 0.621. The molecule has 1 aromatic carbocycles. The number of hydrogen-bond acceptors (Lipinski definition) is 2. The van der Waals surface area contributed by atoms with Gasteiger partial charge in [0.2, 0.25) is 0 Å². The summed E-state index contributed by atoms with van der Waals surface area (Å²) < 4.78 is 15.0. The maximum Gasteiger partial charge on any atom is 0.123 e. The lowest BCUT2D eigenvalue weighted by Crippen LogP contribution is -2.08. The fourth-order valence-corrected chi connectivity index (χ4v) is 2.03. The molecule has 0 atom stereocenters. The third kappa shape index (κ3) is 2.70. The highest BCUT2D eigenvalue weighted by Gasteiger charge is 2.05. The van der Waals surface area contributed by atoms with Crippen LogP contribution in [0.15, 0.2) is 24.3 Å². The number of aromatic nitrogens is 2. The molecule has 0 saturated heterocycles. The van der Waals surface area contributed by atoms with Gasteiger partial charge in [-0.05, 0) is 50.6 Å². The minimum absolute atomic E-state index is 0.201. The highest BCUT2D eigenvalue weighted by molar-refractivity contribution is 5.50. The Hall–Kier alpha value is -1.84. The summed E-state index contributed by atoms with van der Waals surface area (Å²) in [5, 5.41) is 7.71. The number of hydrogen-bond donors (Lipinski definition) is 1. The van der Waals surface area contributed by atoms with E-state index in [1.54, 1.807) is 6.07 Å². The van der Waals surface area contributed by atoms with Crippen molar-refractivity contribution >= 4 is 5.69 Å². The van der Waals surface area contributed by atoms with Crippen molar-refractivity contribution in [3.63, 3.8) is 0 Å². The SMILES string of the molecule is CCn1nc(C)cc1CNc1ccc(F)cc1C. The molecule has 1 heterocycles. The van der Waals surface area contributed by atoms with Crippen LogP contribution in [0.3, 0.4) is 0 Å². The van der Waals surface area contributed by atoms with Crippen molar-refractivity contribution in [2.75, 3.05) is 5.32 Å². The molecule has 0 spiro atoms. The van der Waals surface area contributed by atoms with Crippen molar-refractivity contribution in [3.05, 3.63) is 47.0 Å². The standard InChI is InChI=1S/C14H18FN3/c1-4-18-13(8-11(3)17-18)9-16-14-6-5-12(15)7-10(14)2/h5-8,16H,4,9H2,1-3H3. The molecular formula is C14H18FN3. The van der Waals surface area contributed by atoms with Crippen LogP contribution in [0.1, 0.15) is 23.9 Å². The van der Waals surface area contributed by atoms with Gasteiger partial charge in [0.1, 0.15) is 5.82 Å². The maximum atomic E-state index is 13.0. The minimum Gasteiger partial charge on any atom is -0.379 e. The number of nitrogens with zero attached hydrogens (tertiary/aromatic N) is 2. The number of nitrogens with one attached hydrogen (secondary N) is 1. The molecule has 0 fully saturated rings. The van der Waals surface area contributed by atoms with Gasteiger partial charge in [-0.1, -0.05) is 0 Å². The van der Waals surface area contributed by atoms with E-state index < -0.39 is 0 Å². The molecule has 4 heteroatoms. The Labute approximate surface area is 107 Å². The lowest BCUT2D eigenvalue weighted by Gasteiger charge is -2.10. The summed E-state index contributed by atoms with van der Waals surface area (Å²) in [6, 6.07) is 6.84. The normalized spacial score (nSPS) is 10.7. The second-order valence-corrected chi connectivity index (χ2v) is 4.41. The summed E-state index contributed by atoms with van der Waals surface area (Å²) in [6.45, 7) is 7.50. The Kier molecular flexibility index (Phi) is 3.65. The molecule has 0 bridgehead atoms. The molecule has 1 aromatic heterocycles. The average molecular weight is 247 g/mol. The first-order valence-corrected chi connectivity index (χ1v) is 6.13. The van der Waals surface area contributed by atoms with Crippen LogP contribution in [0.25, 0.3) is 0 Å². The van der Waals surface area contributed by atoms with E-state index in [2.05, 4.69) is 23.4 Å². The van der Waals surface area contributed by atoms with E-state index in [4.69, 9.17) is 0 Å². The van der Waals surface area contributed by atoms with Crippen molar-refractivity contribution in [1.82, 2.24) is 9.78 Å². The lowest BCUT2D eigenvalue weighted by atomic mass is 10.2. The predicted octanol–water partition coefficient (Wildman–Crippen LogP) is 3.27. The number of benzene rings is 1. The first-order valence-electron chi connectivity index (χ1n) is 6.13. The smallest absolute Gasteiger partial charge is 0.123 e. The molecule has 1 N–H and O–H groups in total. The predicted molar refractivity (Wildman–Crippen MR) is 71.1 cm³/mol. The van der Waals surface area contributed by atoms with Crippen molar-refractivity contribution in [2.45, 2.75) is 33.9 Å². The van der Waals surface area contributed by atoms with Crippen LogP contribution in [0.5, 0.6) is 0 Å². The van der Waals surface area contributed by atoms with Gasteiger partial charge in [0.25, 0.3) is 0 Å². The fourth-order valence-electron chi connectivity index (χ4n) is 2.03. The Balaban J connectivity index is 2.11. The minimum atomic E-state index is -0.201. The number of anilines is 1. The third-order valence-electron chi connectivity index (χ3n) is 2.93. The van der Waals surface area contributed by atoms with E-state index in [0.29, 0.717) is 6.54 Å². The van der Waals surface area contributed by atoms with Gasteiger partial charge in [-0.2, -0.15) is 5.10 Å². The molecule has 2 rings (SSSR count). The van der Waals surface area contributed by atoms with E-state index in [-0.39, 0.29) is 5.82 Å². The molecule has 0 saturated carbocycles. The van der Waals surface area contributed by atoms with Gasteiger partial charge in [-0.3, -0.25) is 4.68 Å². The molecule has 0 aliphatic carbocycles. The van der Waals surface area contributed by atoms with E-state index in [1.165, 1.54) is 12.1 Å². The maximum absolute atomic E-state index is 13.0. The van der Waals surface area contributed by atoms with Crippen molar-refractivity contribution in [2.24, 2.45) is 0 Å². The molecule has 3 nitrogen and oxygen atoms in total. The molecule has 18 heavy (non-hydrogen) atoms. The van der Waals surface area contributed by atoms with Crippen LogP contribution in [-0.2, 0) is 13.1 Å². The average Bonchev–Trinajstić information content (AvgIpc) is 2.68. The van der Waals surface area contributed by atoms with Gasteiger partial charge in [0.15, 0.2) is 0 Å². The van der Waals surface area contributed by atoms with Crippen LogP contribution in [-0.4, -0.2) is 9.78 Å². The summed E-state index contributed by atoms with van der Waals surface area (Å²) in [4.78, 5) is 0. The molecular weight excluding hydrogens is 229 g/mol. The number of halogens is 1. The summed E-state index contributed by atoms with van der Waals surface area (Å²) in [5.41, 5.74) is 4.02. The van der Waals surface area contributed by atoms with E-state index in [0.717, 1.165) is 29.2 Å². The van der Waals surface area contributed by atoms with Crippen molar-refractivity contribution in [3.8, 4) is 0 Å². The molecule has 96 valence electrons. The van der Waals surface area contributed by atoms with Crippen LogP contribution in [0, 0.1) is 19.7 Å². The zero-order valence-electron chi connectivity index (χ0n) is 11.0. The van der Waals surface area contributed by atoms with Gasteiger partial charge in [0, 0.05) is 12.2 Å². The van der Waals surface area contributed by atoms with Crippen LogP contribution >= 0.6 is 0 Å². The monoisotopic (exact) mass is 247 g/mol. The van der Waals surface area contributed by atoms with Gasteiger partial charge < -0.3 is 5.32 Å². The number of rotatable bonds is 4. The van der Waals surface area contributed by atoms with Gasteiger partial charge in [-0.25, -0.2) is 4.39 Å². The van der Waals surface area contributed by atoms with E-state index >= 15 is 0 Å². The van der Waals surface area contributed by atoms with Gasteiger partial charge in [0.05, 0.1) is 17.9 Å². The summed E-state index contributed by atoms with van der Waals surface area (Å²) in [6.07, 6.45) is 0. The highest BCUT2D eigenvalue weighted by Crippen LogP contribution is 2.17. The molecule has 0 amide bonds.